The van der Waals surface area contributed by atoms with Crippen molar-refractivity contribution in [1.82, 2.24) is 5.32 Å². The number of carbonyl (C=O) groups is 2. The summed E-state index contributed by atoms with van der Waals surface area (Å²) in [6, 6.07) is 29.3. The third-order valence-electron chi connectivity index (χ3n) is 6.21. The summed E-state index contributed by atoms with van der Waals surface area (Å²) in [6.07, 6.45) is 0. The summed E-state index contributed by atoms with van der Waals surface area (Å²) >= 11 is 0. The molecular formula is C31H31N3O4S. The van der Waals surface area contributed by atoms with E-state index >= 15 is 0 Å². The average Bonchev–Trinajstić information content (AvgIpc) is 2.92. The highest BCUT2D eigenvalue weighted by Crippen LogP contribution is 2.26. The zero-order valence-corrected chi connectivity index (χ0v) is 22.9. The number of carbonyl (C=O) groups excluding carboxylic acids is 2. The minimum Gasteiger partial charge on any atom is -0.345 e. The number of hydrogen-bond acceptors (Lipinski definition) is 4. The fourth-order valence-corrected chi connectivity index (χ4v) is 5.76. The predicted molar refractivity (Wildman–Crippen MR) is 154 cm³/mol. The van der Waals surface area contributed by atoms with Crippen LogP contribution in [0.3, 0.4) is 0 Å². The van der Waals surface area contributed by atoms with Crippen LogP contribution in [-0.4, -0.2) is 26.8 Å². The van der Waals surface area contributed by atoms with E-state index in [1.807, 2.05) is 57.2 Å². The summed E-state index contributed by atoms with van der Waals surface area (Å²) in [5.74, 6) is -0.935. The highest BCUT2D eigenvalue weighted by molar-refractivity contribution is 7.92. The number of hydrogen-bond donors (Lipinski definition) is 2. The van der Waals surface area contributed by atoms with Crippen LogP contribution in [0, 0.1) is 13.8 Å². The van der Waals surface area contributed by atoms with Crippen molar-refractivity contribution in [2.24, 2.45) is 0 Å². The van der Waals surface area contributed by atoms with E-state index in [4.69, 9.17) is 0 Å². The summed E-state index contributed by atoms with van der Waals surface area (Å²) in [5.41, 5.74) is 3.63. The van der Waals surface area contributed by atoms with Gasteiger partial charge in [0.25, 0.3) is 15.9 Å². The van der Waals surface area contributed by atoms with Crippen LogP contribution in [0.5, 0.6) is 0 Å². The van der Waals surface area contributed by atoms with Gasteiger partial charge >= 0.3 is 0 Å². The molecule has 2 N–H and O–H groups in total. The van der Waals surface area contributed by atoms with E-state index in [2.05, 4.69) is 10.6 Å². The van der Waals surface area contributed by atoms with Gasteiger partial charge in [-0.15, -0.1) is 0 Å². The molecule has 2 amide bonds. The smallest absolute Gasteiger partial charge is 0.264 e. The van der Waals surface area contributed by atoms with E-state index in [1.54, 1.807) is 54.6 Å². The van der Waals surface area contributed by atoms with Gasteiger partial charge in [0.05, 0.1) is 27.9 Å². The Kier molecular flexibility index (Phi) is 8.46. The molecule has 4 aromatic rings. The second-order valence-corrected chi connectivity index (χ2v) is 11.2. The normalized spacial score (nSPS) is 11.9. The maximum Gasteiger partial charge on any atom is 0.264 e. The fourth-order valence-electron chi connectivity index (χ4n) is 4.34. The van der Waals surface area contributed by atoms with Crippen LogP contribution in [0.2, 0.25) is 0 Å². The van der Waals surface area contributed by atoms with Gasteiger partial charge in [0.15, 0.2) is 0 Å². The van der Waals surface area contributed by atoms with Crippen molar-refractivity contribution in [1.29, 1.82) is 0 Å². The van der Waals surface area contributed by atoms with Gasteiger partial charge in [0.2, 0.25) is 5.91 Å². The number of rotatable bonds is 9. The first-order chi connectivity index (χ1) is 18.6. The van der Waals surface area contributed by atoms with Gasteiger partial charge in [-0.05, 0) is 73.9 Å². The van der Waals surface area contributed by atoms with Crippen molar-refractivity contribution in [2.45, 2.75) is 31.7 Å². The quantitative estimate of drug-likeness (QED) is 0.287. The van der Waals surface area contributed by atoms with Gasteiger partial charge in [-0.25, -0.2) is 8.42 Å². The molecule has 4 aromatic carbocycles. The van der Waals surface area contributed by atoms with Crippen molar-refractivity contribution in [3.05, 3.63) is 125 Å². The van der Waals surface area contributed by atoms with E-state index in [9.17, 15) is 18.0 Å². The average molecular weight is 542 g/mol. The highest BCUT2D eigenvalue weighted by Gasteiger charge is 2.28. The molecule has 0 radical (unpaired) electrons. The van der Waals surface area contributed by atoms with Crippen molar-refractivity contribution in [3.8, 4) is 0 Å². The van der Waals surface area contributed by atoms with Gasteiger partial charge in [-0.3, -0.25) is 13.9 Å². The van der Waals surface area contributed by atoms with Crippen LogP contribution in [0.25, 0.3) is 0 Å². The second kappa shape index (κ2) is 12.0. The lowest BCUT2D eigenvalue weighted by Gasteiger charge is -2.25. The van der Waals surface area contributed by atoms with Gasteiger partial charge in [-0.1, -0.05) is 66.7 Å². The first-order valence-corrected chi connectivity index (χ1v) is 14.0. The van der Waals surface area contributed by atoms with Crippen LogP contribution in [0.15, 0.2) is 108 Å². The molecule has 0 saturated carbocycles. The number of nitrogens with zero attached hydrogens (tertiary/aromatic N) is 1. The lowest BCUT2D eigenvalue weighted by Crippen LogP contribution is -2.38. The first kappa shape index (κ1) is 27.6. The molecule has 200 valence electrons. The maximum atomic E-state index is 13.7. The SMILES string of the molecule is Cc1cc(C)cc(N(CC(=O)Nc2ccccc2C(=O)N[C@H](C)c2ccccc2)S(=O)(=O)c2ccccc2)c1. The molecule has 0 spiro atoms. The Morgan fingerprint density at radius 2 is 1.36 bits per heavy atom. The number of nitrogens with one attached hydrogen (secondary N) is 2. The molecule has 0 aliphatic rings. The molecule has 4 rings (SSSR count). The van der Waals surface area contributed by atoms with Crippen LogP contribution < -0.4 is 14.9 Å². The Hall–Kier alpha value is -4.43. The van der Waals surface area contributed by atoms with Crippen LogP contribution in [0.1, 0.15) is 40.0 Å². The largest absolute Gasteiger partial charge is 0.345 e. The summed E-state index contributed by atoms with van der Waals surface area (Å²) in [7, 11) is -4.05. The summed E-state index contributed by atoms with van der Waals surface area (Å²) in [5, 5.41) is 5.71. The molecule has 0 aliphatic carbocycles. The molecule has 0 bridgehead atoms. The zero-order chi connectivity index (χ0) is 28.0. The predicted octanol–water partition coefficient (Wildman–Crippen LogP) is 5.63. The highest BCUT2D eigenvalue weighted by atomic mass is 32.2. The van der Waals surface area contributed by atoms with E-state index < -0.39 is 22.5 Å². The maximum absolute atomic E-state index is 13.7. The van der Waals surface area contributed by atoms with E-state index in [-0.39, 0.29) is 28.1 Å². The lowest BCUT2D eigenvalue weighted by molar-refractivity contribution is -0.114. The van der Waals surface area contributed by atoms with Gasteiger partial charge in [0, 0.05) is 0 Å². The molecule has 0 saturated heterocycles. The van der Waals surface area contributed by atoms with E-state index in [0.717, 1.165) is 21.0 Å². The van der Waals surface area contributed by atoms with Gasteiger partial charge < -0.3 is 10.6 Å². The lowest BCUT2D eigenvalue weighted by atomic mass is 10.1. The number of para-hydroxylation sites is 1. The molecule has 0 fully saturated rings. The topological polar surface area (TPSA) is 95.6 Å². The number of amides is 2. The standard InChI is InChI=1S/C31H31N3O4S/c1-22-18-23(2)20-26(19-22)34(39(37,38)27-14-8-5-9-15-27)21-30(35)33-29-17-11-10-16-28(29)31(36)32-24(3)25-12-6-4-7-13-25/h4-20,24H,21H2,1-3H3,(H,32,36)(H,33,35)/t24-/m1/s1. The number of aryl methyl sites for hydroxylation is 2. The van der Waals surface area contributed by atoms with Gasteiger partial charge in [0.1, 0.15) is 6.54 Å². The number of benzene rings is 4. The number of sulfonamides is 1. The van der Waals surface area contributed by atoms with E-state index in [1.165, 1.54) is 12.1 Å². The number of anilines is 2. The molecule has 0 unspecified atom stereocenters. The molecule has 0 aliphatic heterocycles. The molecular weight excluding hydrogens is 510 g/mol. The van der Waals surface area contributed by atoms with E-state index in [0.29, 0.717) is 5.69 Å². The Balaban J connectivity index is 1.60. The molecule has 7 nitrogen and oxygen atoms in total. The van der Waals surface area contributed by atoms with Crippen molar-refractivity contribution in [2.75, 3.05) is 16.2 Å². The third kappa shape index (κ3) is 6.72. The minimum absolute atomic E-state index is 0.0756. The Morgan fingerprint density at radius 1 is 0.795 bits per heavy atom. The van der Waals surface area contributed by atoms with Gasteiger partial charge in [-0.2, -0.15) is 0 Å². The van der Waals surface area contributed by atoms with Crippen molar-refractivity contribution in [3.63, 3.8) is 0 Å². The summed E-state index contributed by atoms with van der Waals surface area (Å²) in [6.45, 7) is 5.14. The second-order valence-electron chi connectivity index (χ2n) is 9.37. The Labute approximate surface area is 229 Å². The Morgan fingerprint density at radius 3 is 2.00 bits per heavy atom. The molecule has 1 atom stereocenters. The summed E-state index contributed by atoms with van der Waals surface area (Å²) < 4.78 is 28.4. The fraction of sp³-hybridized carbons (Fsp3) is 0.161. The third-order valence-corrected chi connectivity index (χ3v) is 7.99. The van der Waals surface area contributed by atoms with Crippen molar-refractivity contribution < 1.29 is 18.0 Å². The van der Waals surface area contributed by atoms with Crippen LogP contribution in [-0.2, 0) is 14.8 Å². The molecule has 0 aromatic heterocycles. The van der Waals surface area contributed by atoms with Crippen LogP contribution in [0.4, 0.5) is 11.4 Å². The Bertz CT molecular complexity index is 1550. The zero-order valence-electron chi connectivity index (χ0n) is 22.1. The van der Waals surface area contributed by atoms with Crippen molar-refractivity contribution >= 4 is 33.2 Å². The molecule has 8 heteroatoms. The monoisotopic (exact) mass is 541 g/mol. The van der Waals surface area contributed by atoms with Crippen LogP contribution >= 0.6 is 0 Å². The molecule has 39 heavy (non-hydrogen) atoms. The minimum atomic E-state index is -4.05. The first-order valence-electron chi connectivity index (χ1n) is 12.6. The molecule has 0 heterocycles. The summed E-state index contributed by atoms with van der Waals surface area (Å²) in [4.78, 5) is 26.5.